The maximum atomic E-state index is 11.7. The molecule has 0 aliphatic carbocycles. The number of anilines is 2. The van der Waals surface area contributed by atoms with Crippen LogP contribution in [0.3, 0.4) is 0 Å². The number of nitrogens with two attached hydrogens (primary N) is 2. The van der Waals surface area contributed by atoms with E-state index in [1.807, 2.05) is 0 Å². The fourth-order valence-electron chi connectivity index (χ4n) is 2.51. The third-order valence-corrected chi connectivity index (χ3v) is 4.73. The highest BCUT2D eigenvalue weighted by molar-refractivity contribution is 7.19. The van der Waals surface area contributed by atoms with Crippen LogP contribution in [-0.4, -0.2) is 32.1 Å². The largest absolute Gasteiger partial charge is 0.465 e. The van der Waals surface area contributed by atoms with Crippen molar-refractivity contribution >= 4 is 33.9 Å². The van der Waals surface area contributed by atoms with Crippen molar-refractivity contribution in [3.63, 3.8) is 0 Å². The van der Waals surface area contributed by atoms with Crippen LogP contribution < -0.4 is 16.4 Å². The van der Waals surface area contributed by atoms with Crippen molar-refractivity contribution in [3.8, 4) is 0 Å². The number of thiophene rings is 1. The van der Waals surface area contributed by atoms with Crippen molar-refractivity contribution in [2.45, 2.75) is 19.8 Å². The van der Waals surface area contributed by atoms with Gasteiger partial charge in [0.05, 0.1) is 18.4 Å². The van der Waals surface area contributed by atoms with Gasteiger partial charge in [-0.3, -0.25) is 4.79 Å². The first-order valence-corrected chi connectivity index (χ1v) is 7.32. The third kappa shape index (κ3) is 2.58. The van der Waals surface area contributed by atoms with Crippen molar-refractivity contribution in [3.05, 3.63) is 10.4 Å². The average Bonchev–Trinajstić information content (AvgIpc) is 2.75. The second-order valence-electron chi connectivity index (χ2n) is 5.07. The van der Waals surface area contributed by atoms with E-state index in [0.717, 1.165) is 25.9 Å². The lowest BCUT2D eigenvalue weighted by atomic mass is 10.0. The van der Waals surface area contributed by atoms with E-state index in [1.165, 1.54) is 18.4 Å². The Balaban J connectivity index is 2.45. The molecule has 0 radical (unpaired) electrons. The molecule has 1 unspecified atom stereocenters. The van der Waals surface area contributed by atoms with Crippen molar-refractivity contribution < 1.29 is 14.3 Å². The van der Waals surface area contributed by atoms with Crippen LogP contribution in [0.4, 0.5) is 10.7 Å². The summed E-state index contributed by atoms with van der Waals surface area (Å²) in [5.74, 6) is -0.609. The summed E-state index contributed by atoms with van der Waals surface area (Å²) in [7, 11) is 1.29. The van der Waals surface area contributed by atoms with Gasteiger partial charge in [0.25, 0.3) is 5.91 Å². The molecule has 0 spiro atoms. The first-order chi connectivity index (χ1) is 9.45. The van der Waals surface area contributed by atoms with Gasteiger partial charge in [-0.25, -0.2) is 4.79 Å². The number of carbonyl (C=O) groups excluding carboxylic acids is 2. The van der Waals surface area contributed by atoms with Gasteiger partial charge in [0.1, 0.15) is 9.88 Å². The SMILES string of the molecule is COC(=O)c1sc(N2CCCC(C)C2)c(C(N)=O)c1N. The number of amides is 1. The molecule has 7 heteroatoms. The number of ether oxygens (including phenoxy) is 1. The molecule has 2 rings (SSSR count). The summed E-state index contributed by atoms with van der Waals surface area (Å²) in [4.78, 5) is 25.7. The van der Waals surface area contributed by atoms with Crippen LogP contribution in [0.25, 0.3) is 0 Å². The zero-order chi connectivity index (χ0) is 14.9. The molecule has 110 valence electrons. The van der Waals surface area contributed by atoms with Gasteiger partial charge in [-0.1, -0.05) is 6.92 Å². The minimum atomic E-state index is -0.609. The second-order valence-corrected chi connectivity index (χ2v) is 6.07. The summed E-state index contributed by atoms with van der Waals surface area (Å²) in [6.45, 7) is 3.83. The van der Waals surface area contributed by atoms with Crippen LogP contribution in [0.15, 0.2) is 0 Å². The van der Waals surface area contributed by atoms with Crippen LogP contribution >= 0.6 is 11.3 Å². The average molecular weight is 297 g/mol. The molecule has 1 aromatic heterocycles. The highest BCUT2D eigenvalue weighted by Gasteiger charge is 2.29. The van der Waals surface area contributed by atoms with E-state index < -0.39 is 11.9 Å². The molecule has 0 bridgehead atoms. The molecule has 1 fully saturated rings. The van der Waals surface area contributed by atoms with Crippen molar-refractivity contribution in [1.82, 2.24) is 0 Å². The second kappa shape index (κ2) is 5.70. The predicted molar refractivity (Wildman–Crippen MR) is 79.2 cm³/mol. The van der Waals surface area contributed by atoms with E-state index in [4.69, 9.17) is 16.2 Å². The van der Waals surface area contributed by atoms with Gasteiger partial charge in [-0.15, -0.1) is 11.3 Å². The van der Waals surface area contributed by atoms with E-state index in [1.54, 1.807) is 0 Å². The van der Waals surface area contributed by atoms with Gasteiger partial charge in [0.2, 0.25) is 0 Å². The molecular formula is C13H19N3O3S. The van der Waals surface area contributed by atoms with E-state index in [2.05, 4.69) is 11.8 Å². The first-order valence-electron chi connectivity index (χ1n) is 6.51. The minimum absolute atomic E-state index is 0.127. The maximum Gasteiger partial charge on any atom is 0.350 e. The summed E-state index contributed by atoms with van der Waals surface area (Å²) >= 11 is 1.18. The molecule has 0 saturated carbocycles. The van der Waals surface area contributed by atoms with Gasteiger partial charge in [0, 0.05) is 13.1 Å². The van der Waals surface area contributed by atoms with Crippen molar-refractivity contribution in [1.29, 1.82) is 0 Å². The Hall–Kier alpha value is -1.76. The molecule has 1 atom stereocenters. The van der Waals surface area contributed by atoms with E-state index in [9.17, 15) is 9.59 Å². The Kier molecular flexibility index (Phi) is 4.17. The van der Waals surface area contributed by atoms with E-state index in [0.29, 0.717) is 10.9 Å². The van der Waals surface area contributed by atoms with Gasteiger partial charge in [-0.2, -0.15) is 0 Å². The lowest BCUT2D eigenvalue weighted by Gasteiger charge is -2.32. The van der Waals surface area contributed by atoms with Crippen LogP contribution in [0.2, 0.25) is 0 Å². The normalized spacial score (nSPS) is 18.9. The van der Waals surface area contributed by atoms with Crippen LogP contribution in [0, 0.1) is 5.92 Å². The Morgan fingerprint density at radius 3 is 2.70 bits per heavy atom. The summed E-state index contributed by atoms with van der Waals surface area (Å²) in [6.07, 6.45) is 2.21. The predicted octanol–water partition coefficient (Wildman–Crippen LogP) is 1.45. The number of hydrogen-bond acceptors (Lipinski definition) is 6. The lowest BCUT2D eigenvalue weighted by molar-refractivity contribution is 0.0607. The number of carbonyl (C=O) groups is 2. The number of rotatable bonds is 3. The number of hydrogen-bond donors (Lipinski definition) is 2. The molecule has 1 saturated heterocycles. The fourth-order valence-corrected chi connectivity index (χ4v) is 3.69. The zero-order valence-electron chi connectivity index (χ0n) is 11.6. The molecular weight excluding hydrogens is 278 g/mol. The molecule has 20 heavy (non-hydrogen) atoms. The van der Waals surface area contributed by atoms with Crippen LogP contribution in [0.1, 0.15) is 39.8 Å². The van der Waals surface area contributed by atoms with E-state index >= 15 is 0 Å². The van der Waals surface area contributed by atoms with Crippen molar-refractivity contribution in [2.75, 3.05) is 30.8 Å². The molecule has 0 aromatic carbocycles. The Morgan fingerprint density at radius 2 is 2.15 bits per heavy atom. The molecule has 1 aliphatic heterocycles. The van der Waals surface area contributed by atoms with Gasteiger partial charge >= 0.3 is 5.97 Å². The summed E-state index contributed by atoms with van der Waals surface area (Å²) in [5, 5.41) is 0.682. The molecule has 4 N–H and O–H groups in total. The Labute approximate surface area is 121 Å². The summed E-state index contributed by atoms with van der Waals surface area (Å²) in [6, 6.07) is 0. The topological polar surface area (TPSA) is 98.6 Å². The minimum Gasteiger partial charge on any atom is -0.465 e. The van der Waals surface area contributed by atoms with Gasteiger partial charge in [0.15, 0.2) is 0 Å². The number of nitrogens with zero attached hydrogens (tertiary/aromatic N) is 1. The number of nitrogen functional groups attached to an aromatic ring is 1. The van der Waals surface area contributed by atoms with Gasteiger partial charge < -0.3 is 21.1 Å². The summed E-state index contributed by atoms with van der Waals surface area (Å²) in [5.41, 5.74) is 11.7. The number of piperidine rings is 1. The van der Waals surface area contributed by atoms with E-state index in [-0.39, 0.29) is 16.1 Å². The first kappa shape index (κ1) is 14.6. The van der Waals surface area contributed by atoms with Crippen molar-refractivity contribution in [2.24, 2.45) is 11.7 Å². The number of esters is 1. The molecule has 1 aromatic rings. The quantitative estimate of drug-likeness (QED) is 0.823. The highest BCUT2D eigenvalue weighted by Crippen LogP contribution is 2.40. The Morgan fingerprint density at radius 1 is 1.45 bits per heavy atom. The summed E-state index contributed by atoms with van der Waals surface area (Å²) < 4.78 is 4.69. The number of primary amides is 1. The van der Waals surface area contributed by atoms with Crippen LogP contribution in [0.5, 0.6) is 0 Å². The maximum absolute atomic E-state index is 11.7. The molecule has 1 amide bonds. The van der Waals surface area contributed by atoms with Gasteiger partial charge in [-0.05, 0) is 18.8 Å². The zero-order valence-corrected chi connectivity index (χ0v) is 12.5. The monoisotopic (exact) mass is 297 g/mol. The Bertz CT molecular complexity index is 541. The number of methoxy groups -OCH3 is 1. The standard InChI is InChI=1S/C13H19N3O3S/c1-7-4-3-5-16(6-7)12-8(11(15)17)9(14)10(20-12)13(18)19-2/h7H,3-6,14H2,1-2H3,(H2,15,17). The highest BCUT2D eigenvalue weighted by atomic mass is 32.1. The lowest BCUT2D eigenvalue weighted by Crippen LogP contribution is -2.35. The molecule has 6 nitrogen and oxygen atoms in total. The molecule has 1 aliphatic rings. The smallest absolute Gasteiger partial charge is 0.350 e. The third-order valence-electron chi connectivity index (χ3n) is 3.49. The fraction of sp³-hybridized carbons (Fsp3) is 0.538. The van der Waals surface area contributed by atoms with Crippen LogP contribution in [-0.2, 0) is 4.74 Å². The molecule has 2 heterocycles.